The highest BCUT2D eigenvalue weighted by Gasteiger charge is 2.51. The number of hydrogen-bond donors (Lipinski definition) is 1. The van der Waals surface area contributed by atoms with Gasteiger partial charge in [-0.25, -0.2) is 9.78 Å². The highest BCUT2D eigenvalue weighted by Crippen LogP contribution is 2.44. The zero-order chi connectivity index (χ0) is 27.1. The number of carbonyl (C=O) groups excluding carboxylic acids is 2. The summed E-state index contributed by atoms with van der Waals surface area (Å²) in [5.41, 5.74) is 1.22. The number of piperidine rings is 1. The smallest absolute Gasteiger partial charge is 0.410 e. The first-order valence-electron chi connectivity index (χ1n) is 14.1. The quantitative estimate of drug-likeness (QED) is 0.583. The van der Waals surface area contributed by atoms with Crippen LogP contribution in [-0.2, 0) is 9.53 Å². The zero-order valence-electron chi connectivity index (χ0n) is 22.9. The molecule has 1 aliphatic carbocycles. The number of pyridine rings is 1. The molecular formula is C29H41ClN4O4. The van der Waals surface area contributed by atoms with Gasteiger partial charge in [0.05, 0.1) is 16.5 Å². The van der Waals surface area contributed by atoms with E-state index in [-0.39, 0.29) is 29.6 Å². The lowest BCUT2D eigenvalue weighted by atomic mass is 9.78. The number of aromatic nitrogens is 1. The summed E-state index contributed by atoms with van der Waals surface area (Å²) in [6.07, 6.45) is 10.2. The molecule has 1 saturated carbocycles. The van der Waals surface area contributed by atoms with Crippen molar-refractivity contribution in [1.29, 1.82) is 0 Å². The summed E-state index contributed by atoms with van der Waals surface area (Å²) in [5.74, 6) is 1.02. The van der Waals surface area contributed by atoms with E-state index >= 15 is 0 Å². The van der Waals surface area contributed by atoms with Gasteiger partial charge in [-0.3, -0.25) is 4.79 Å². The van der Waals surface area contributed by atoms with Gasteiger partial charge >= 0.3 is 6.09 Å². The van der Waals surface area contributed by atoms with Gasteiger partial charge in [0, 0.05) is 45.0 Å². The van der Waals surface area contributed by atoms with E-state index in [2.05, 4.69) is 9.80 Å². The first-order valence-corrected chi connectivity index (χ1v) is 14.5. The molecule has 8 nitrogen and oxygen atoms in total. The van der Waals surface area contributed by atoms with Crippen LogP contribution in [-0.4, -0.2) is 82.4 Å². The molecule has 2 amide bonds. The second kappa shape index (κ2) is 10.7. The Balaban J connectivity index is 1.24. The molecule has 0 radical (unpaired) electrons. The molecule has 208 valence electrons. The number of ether oxygens (including phenoxy) is 1. The van der Waals surface area contributed by atoms with Gasteiger partial charge in [0.1, 0.15) is 11.4 Å². The van der Waals surface area contributed by atoms with Crippen molar-refractivity contribution in [2.45, 2.75) is 89.9 Å². The molecule has 1 aromatic heterocycles. The normalized spacial score (nSPS) is 28.6. The average Bonchev–Trinajstić information content (AvgIpc) is 3.18. The Labute approximate surface area is 231 Å². The van der Waals surface area contributed by atoms with E-state index in [0.717, 1.165) is 75.0 Å². The van der Waals surface area contributed by atoms with Gasteiger partial charge in [0.2, 0.25) is 5.91 Å². The van der Waals surface area contributed by atoms with Crippen molar-refractivity contribution in [3.8, 4) is 0 Å². The zero-order valence-corrected chi connectivity index (χ0v) is 23.7. The lowest BCUT2D eigenvalue weighted by Gasteiger charge is -2.41. The Morgan fingerprint density at radius 2 is 1.92 bits per heavy atom. The lowest BCUT2D eigenvalue weighted by molar-refractivity contribution is -0.139. The maximum absolute atomic E-state index is 13.7. The van der Waals surface area contributed by atoms with Crippen molar-refractivity contribution in [1.82, 2.24) is 14.8 Å². The summed E-state index contributed by atoms with van der Waals surface area (Å²) in [6, 6.07) is 2.23. The topological polar surface area (TPSA) is 86.2 Å². The van der Waals surface area contributed by atoms with Crippen molar-refractivity contribution in [3.05, 3.63) is 28.9 Å². The standard InChI is InChI=1S/C29H41ClN4O4/c1-28(2,3)38-27(37)32-14-9-20(10-15-32)21-17-24(30)25(31-18-21)33-13-4-11-29(19-33)12-16-34(26(29)36)22-5-7-23(35)8-6-22/h9,17-18,22-23,35H,4-8,10-16,19H2,1-3H3/t22-,23-,29-/m1/s1. The molecular weight excluding hydrogens is 504 g/mol. The number of rotatable bonds is 3. The second-order valence-corrected chi connectivity index (χ2v) is 12.9. The first kappa shape index (κ1) is 27.3. The van der Waals surface area contributed by atoms with Crippen LogP contribution in [0.3, 0.4) is 0 Å². The fourth-order valence-electron chi connectivity index (χ4n) is 6.52. The van der Waals surface area contributed by atoms with Crippen molar-refractivity contribution in [3.63, 3.8) is 0 Å². The fraction of sp³-hybridized carbons (Fsp3) is 0.690. The van der Waals surface area contributed by atoms with E-state index in [1.54, 1.807) is 4.90 Å². The molecule has 0 bridgehead atoms. The average molecular weight is 545 g/mol. The van der Waals surface area contributed by atoms with Crippen LogP contribution in [0.4, 0.5) is 10.6 Å². The van der Waals surface area contributed by atoms with Gasteiger partial charge < -0.3 is 24.5 Å². The third-order valence-corrected chi connectivity index (χ3v) is 8.86. The number of likely N-dealkylation sites (tertiary alicyclic amines) is 1. The van der Waals surface area contributed by atoms with E-state index in [4.69, 9.17) is 21.3 Å². The van der Waals surface area contributed by atoms with Crippen LogP contribution in [0, 0.1) is 5.41 Å². The summed E-state index contributed by atoms with van der Waals surface area (Å²) in [6.45, 7) is 9.00. The summed E-state index contributed by atoms with van der Waals surface area (Å²) in [7, 11) is 0. The number of amides is 2. The number of aliphatic hydroxyl groups excluding tert-OH is 1. The van der Waals surface area contributed by atoms with Gasteiger partial charge in [-0.1, -0.05) is 17.7 Å². The summed E-state index contributed by atoms with van der Waals surface area (Å²) < 4.78 is 5.49. The summed E-state index contributed by atoms with van der Waals surface area (Å²) >= 11 is 6.79. The molecule has 1 spiro atoms. The minimum absolute atomic E-state index is 0.215. The van der Waals surface area contributed by atoms with E-state index < -0.39 is 5.60 Å². The molecule has 3 aliphatic heterocycles. The number of anilines is 1. The molecule has 1 N–H and O–H groups in total. The molecule has 4 aliphatic rings. The SMILES string of the molecule is CC(C)(C)OC(=O)N1CC=C(c2cnc(N3CCC[C@@]4(CCN([C@H]5CC[C@H](O)CC5)C4=O)C3)c(Cl)c2)CC1. The largest absolute Gasteiger partial charge is 0.444 e. The molecule has 0 aromatic carbocycles. The molecule has 0 unspecified atom stereocenters. The monoisotopic (exact) mass is 544 g/mol. The van der Waals surface area contributed by atoms with Crippen molar-refractivity contribution >= 4 is 35.0 Å². The van der Waals surface area contributed by atoms with E-state index in [1.165, 1.54) is 0 Å². The van der Waals surface area contributed by atoms with E-state index in [1.807, 2.05) is 39.1 Å². The molecule has 1 atom stereocenters. The van der Waals surface area contributed by atoms with Gasteiger partial charge in [-0.2, -0.15) is 0 Å². The fourth-order valence-corrected chi connectivity index (χ4v) is 6.81. The Bertz CT molecular complexity index is 1090. The third kappa shape index (κ3) is 5.67. The highest BCUT2D eigenvalue weighted by molar-refractivity contribution is 6.33. The molecule has 38 heavy (non-hydrogen) atoms. The number of carbonyl (C=O) groups is 2. The molecule has 4 heterocycles. The summed E-state index contributed by atoms with van der Waals surface area (Å²) in [5, 5.41) is 10.5. The van der Waals surface area contributed by atoms with Crippen LogP contribution in [0.5, 0.6) is 0 Å². The molecule has 5 rings (SSSR count). The minimum Gasteiger partial charge on any atom is -0.444 e. The Kier molecular flexibility index (Phi) is 7.66. The molecule has 2 saturated heterocycles. The van der Waals surface area contributed by atoms with Crippen LogP contribution in [0.25, 0.3) is 5.57 Å². The van der Waals surface area contributed by atoms with Crippen molar-refractivity contribution in [2.75, 3.05) is 37.6 Å². The molecule has 1 aromatic rings. The Morgan fingerprint density at radius 3 is 2.58 bits per heavy atom. The molecule has 9 heteroatoms. The van der Waals surface area contributed by atoms with Gasteiger partial charge in [-0.15, -0.1) is 0 Å². The van der Waals surface area contributed by atoms with Crippen LogP contribution in [0.15, 0.2) is 18.3 Å². The first-order chi connectivity index (χ1) is 18.0. The maximum atomic E-state index is 13.7. The van der Waals surface area contributed by atoms with E-state index in [9.17, 15) is 14.7 Å². The predicted octanol–water partition coefficient (Wildman–Crippen LogP) is 4.88. The molecule has 3 fully saturated rings. The Morgan fingerprint density at radius 1 is 1.16 bits per heavy atom. The van der Waals surface area contributed by atoms with Crippen molar-refractivity contribution in [2.24, 2.45) is 5.41 Å². The lowest BCUT2D eigenvalue weighted by Crippen LogP contribution is -2.50. The van der Waals surface area contributed by atoms with Crippen LogP contribution < -0.4 is 4.90 Å². The predicted molar refractivity (Wildman–Crippen MR) is 148 cm³/mol. The number of aliphatic hydroxyl groups is 1. The summed E-state index contributed by atoms with van der Waals surface area (Å²) in [4.78, 5) is 36.8. The van der Waals surface area contributed by atoms with Gasteiger partial charge in [0.15, 0.2) is 0 Å². The Hall–Kier alpha value is -2.32. The van der Waals surface area contributed by atoms with Crippen LogP contribution in [0.2, 0.25) is 5.02 Å². The van der Waals surface area contributed by atoms with Crippen LogP contribution in [0.1, 0.15) is 77.7 Å². The van der Waals surface area contributed by atoms with Gasteiger partial charge in [-0.05, 0) is 89.3 Å². The van der Waals surface area contributed by atoms with Crippen molar-refractivity contribution < 1.29 is 19.4 Å². The van der Waals surface area contributed by atoms with Gasteiger partial charge in [0.25, 0.3) is 0 Å². The minimum atomic E-state index is -0.512. The third-order valence-electron chi connectivity index (χ3n) is 8.58. The van der Waals surface area contributed by atoms with Crippen LogP contribution >= 0.6 is 11.6 Å². The highest BCUT2D eigenvalue weighted by atomic mass is 35.5. The van der Waals surface area contributed by atoms with E-state index in [0.29, 0.717) is 31.1 Å². The number of halogens is 1. The number of hydrogen-bond acceptors (Lipinski definition) is 6. The maximum Gasteiger partial charge on any atom is 0.410 e. The number of nitrogens with zero attached hydrogens (tertiary/aromatic N) is 4. The second-order valence-electron chi connectivity index (χ2n) is 12.5.